The molecule has 2 atom stereocenters. The molecule has 0 aliphatic carbocycles. The molecule has 2 rings (SSSR count). The molecular formula is C17H18N2O2S. The largest absolute Gasteiger partial charge is 0.386 e. The molecule has 0 fully saturated rings. The third-order valence-electron chi connectivity index (χ3n) is 3.23. The van der Waals surface area contributed by atoms with Gasteiger partial charge in [0.15, 0.2) is 6.04 Å². The van der Waals surface area contributed by atoms with E-state index in [-0.39, 0.29) is 0 Å². The monoisotopic (exact) mass is 314 g/mol. The minimum Gasteiger partial charge on any atom is -0.386 e. The van der Waals surface area contributed by atoms with E-state index in [0.29, 0.717) is 5.56 Å². The highest BCUT2D eigenvalue weighted by atomic mass is 32.2. The molecule has 4 nitrogen and oxygen atoms in total. The minimum atomic E-state index is -1.06. The molecule has 22 heavy (non-hydrogen) atoms. The van der Waals surface area contributed by atoms with Gasteiger partial charge in [0.2, 0.25) is 5.91 Å². The van der Waals surface area contributed by atoms with Gasteiger partial charge in [0.1, 0.15) is 6.10 Å². The summed E-state index contributed by atoms with van der Waals surface area (Å²) in [5.41, 5.74) is 6.84. The van der Waals surface area contributed by atoms with Crippen molar-refractivity contribution in [2.24, 2.45) is 10.7 Å². The zero-order valence-corrected chi connectivity index (χ0v) is 13.0. The van der Waals surface area contributed by atoms with Gasteiger partial charge in [0.05, 0.1) is 0 Å². The van der Waals surface area contributed by atoms with Crippen LogP contribution >= 0.6 is 11.8 Å². The van der Waals surface area contributed by atoms with E-state index >= 15 is 0 Å². The van der Waals surface area contributed by atoms with Crippen molar-refractivity contribution in [1.82, 2.24) is 0 Å². The van der Waals surface area contributed by atoms with Gasteiger partial charge in [0.25, 0.3) is 0 Å². The Balaban J connectivity index is 2.19. The van der Waals surface area contributed by atoms with Gasteiger partial charge in [-0.2, -0.15) is 0 Å². The highest BCUT2D eigenvalue weighted by Gasteiger charge is 2.25. The van der Waals surface area contributed by atoms with Crippen molar-refractivity contribution in [1.29, 1.82) is 0 Å². The molecule has 1 amide bonds. The van der Waals surface area contributed by atoms with E-state index in [9.17, 15) is 9.90 Å². The van der Waals surface area contributed by atoms with Gasteiger partial charge in [-0.05, 0) is 29.5 Å². The summed E-state index contributed by atoms with van der Waals surface area (Å²) in [5, 5.41) is 10.4. The Morgan fingerprint density at radius 2 is 1.82 bits per heavy atom. The van der Waals surface area contributed by atoms with Crippen LogP contribution in [0.5, 0.6) is 0 Å². The molecule has 0 saturated heterocycles. The Morgan fingerprint density at radius 1 is 1.18 bits per heavy atom. The van der Waals surface area contributed by atoms with Crippen molar-refractivity contribution < 1.29 is 9.90 Å². The fourth-order valence-corrected chi connectivity index (χ4v) is 2.41. The number of aliphatic hydroxyl groups is 1. The first kappa shape index (κ1) is 16.3. The van der Waals surface area contributed by atoms with Crippen molar-refractivity contribution in [3.05, 3.63) is 65.7 Å². The average molecular weight is 314 g/mol. The van der Waals surface area contributed by atoms with Gasteiger partial charge in [0, 0.05) is 11.1 Å². The number of benzene rings is 2. The first-order chi connectivity index (χ1) is 10.6. The number of hydrogen-bond acceptors (Lipinski definition) is 4. The fourth-order valence-electron chi connectivity index (χ4n) is 2.00. The number of aliphatic hydroxyl groups excluding tert-OH is 1. The third kappa shape index (κ3) is 4.19. The maximum Gasteiger partial charge on any atom is 0.245 e. The summed E-state index contributed by atoms with van der Waals surface area (Å²) in [6, 6.07) is 15.7. The second-order valence-electron chi connectivity index (χ2n) is 4.75. The molecule has 5 heteroatoms. The molecule has 1 unspecified atom stereocenters. The van der Waals surface area contributed by atoms with Gasteiger partial charge in [-0.3, -0.25) is 9.79 Å². The SMILES string of the molecule is CSc1ccc(C(O)[C@H](N=Cc2ccccc2)C(N)=O)cc1. The molecule has 0 spiro atoms. The molecule has 0 aromatic heterocycles. The molecule has 0 radical (unpaired) electrons. The number of hydrogen-bond donors (Lipinski definition) is 2. The second-order valence-corrected chi connectivity index (χ2v) is 5.63. The number of primary amides is 1. The Morgan fingerprint density at radius 3 is 2.36 bits per heavy atom. The maximum absolute atomic E-state index is 11.6. The Bertz CT molecular complexity index is 641. The number of nitrogens with zero attached hydrogens (tertiary/aromatic N) is 1. The van der Waals surface area contributed by atoms with E-state index < -0.39 is 18.1 Å². The molecule has 0 aliphatic rings. The van der Waals surface area contributed by atoms with Crippen LogP contribution < -0.4 is 5.73 Å². The van der Waals surface area contributed by atoms with E-state index in [1.165, 1.54) is 0 Å². The van der Waals surface area contributed by atoms with E-state index in [2.05, 4.69) is 4.99 Å². The first-order valence-electron chi connectivity index (χ1n) is 6.81. The summed E-state index contributed by atoms with van der Waals surface area (Å²) in [6.07, 6.45) is 2.46. The standard InChI is InChI=1S/C17H18N2O2S/c1-22-14-9-7-13(8-10-14)16(20)15(17(18)21)19-11-12-5-3-2-4-6-12/h2-11,15-16,20H,1H3,(H2,18,21)/t15-,16?/m0/s1. The molecule has 2 aromatic rings. The summed E-state index contributed by atoms with van der Waals surface area (Å²) in [5.74, 6) is -0.659. The van der Waals surface area contributed by atoms with E-state index in [1.54, 1.807) is 30.1 Å². The molecule has 3 N–H and O–H groups in total. The molecule has 0 aliphatic heterocycles. The van der Waals surface area contributed by atoms with Crippen molar-refractivity contribution in [2.75, 3.05) is 6.26 Å². The number of amides is 1. The van der Waals surface area contributed by atoms with Crippen LogP contribution in [0.15, 0.2) is 64.5 Å². The van der Waals surface area contributed by atoms with Crippen molar-refractivity contribution in [2.45, 2.75) is 17.0 Å². The van der Waals surface area contributed by atoms with Gasteiger partial charge in [-0.25, -0.2) is 0 Å². The van der Waals surface area contributed by atoms with Crippen LogP contribution in [0.3, 0.4) is 0 Å². The van der Waals surface area contributed by atoms with Crippen molar-refractivity contribution >= 4 is 23.9 Å². The maximum atomic E-state index is 11.6. The van der Waals surface area contributed by atoms with Gasteiger partial charge >= 0.3 is 0 Å². The van der Waals surface area contributed by atoms with Crippen LogP contribution in [0, 0.1) is 0 Å². The number of nitrogens with two attached hydrogens (primary N) is 1. The van der Waals surface area contributed by atoms with E-state index in [4.69, 9.17) is 5.73 Å². The predicted octanol–water partition coefficient (Wildman–Crippen LogP) is 2.41. The van der Waals surface area contributed by atoms with Gasteiger partial charge < -0.3 is 10.8 Å². The minimum absolute atomic E-state index is 0.617. The average Bonchev–Trinajstić information content (AvgIpc) is 2.55. The van der Waals surface area contributed by atoms with E-state index in [1.807, 2.05) is 48.7 Å². The van der Waals surface area contributed by atoms with Gasteiger partial charge in [-0.15, -0.1) is 11.8 Å². The second kappa shape index (κ2) is 7.77. The third-order valence-corrected chi connectivity index (χ3v) is 3.98. The summed E-state index contributed by atoms with van der Waals surface area (Å²) < 4.78 is 0. The number of carbonyl (C=O) groups is 1. The summed E-state index contributed by atoms with van der Waals surface area (Å²) in [4.78, 5) is 16.8. The van der Waals surface area contributed by atoms with Crippen LogP contribution in [0.25, 0.3) is 0 Å². The topological polar surface area (TPSA) is 75.7 Å². The molecule has 2 aromatic carbocycles. The summed E-state index contributed by atoms with van der Waals surface area (Å²) >= 11 is 1.61. The van der Waals surface area contributed by atoms with Crippen LogP contribution in [0.1, 0.15) is 17.2 Å². The number of aliphatic imine (C=N–C) groups is 1. The molecule has 0 saturated carbocycles. The van der Waals surface area contributed by atoms with Crippen molar-refractivity contribution in [3.8, 4) is 0 Å². The zero-order chi connectivity index (χ0) is 15.9. The lowest BCUT2D eigenvalue weighted by Gasteiger charge is -2.17. The molecular weight excluding hydrogens is 296 g/mol. The summed E-state index contributed by atoms with van der Waals surface area (Å²) in [6.45, 7) is 0. The van der Waals surface area contributed by atoms with Gasteiger partial charge in [-0.1, -0.05) is 42.5 Å². The Labute approximate surface area is 134 Å². The van der Waals surface area contributed by atoms with Crippen LogP contribution in [0.2, 0.25) is 0 Å². The number of rotatable bonds is 6. The molecule has 114 valence electrons. The molecule has 0 heterocycles. The summed E-state index contributed by atoms with van der Waals surface area (Å²) in [7, 11) is 0. The predicted molar refractivity (Wildman–Crippen MR) is 90.2 cm³/mol. The zero-order valence-electron chi connectivity index (χ0n) is 12.2. The quantitative estimate of drug-likeness (QED) is 0.635. The molecule has 0 bridgehead atoms. The highest BCUT2D eigenvalue weighted by molar-refractivity contribution is 7.98. The number of carbonyl (C=O) groups excluding carboxylic acids is 1. The normalized spacial score (nSPS) is 13.9. The first-order valence-corrected chi connectivity index (χ1v) is 8.04. The fraction of sp³-hybridized carbons (Fsp3) is 0.176. The number of thioether (sulfide) groups is 1. The lowest BCUT2D eigenvalue weighted by molar-refractivity contribution is -0.121. The van der Waals surface area contributed by atoms with Crippen LogP contribution in [0.4, 0.5) is 0 Å². The van der Waals surface area contributed by atoms with E-state index in [0.717, 1.165) is 10.5 Å². The lowest BCUT2D eigenvalue weighted by Crippen LogP contribution is -2.32. The van der Waals surface area contributed by atoms with Crippen LogP contribution in [-0.4, -0.2) is 29.5 Å². The Kier molecular flexibility index (Phi) is 5.75. The smallest absolute Gasteiger partial charge is 0.245 e. The lowest BCUT2D eigenvalue weighted by atomic mass is 10.0. The Hall–Kier alpha value is -2.11. The van der Waals surface area contributed by atoms with Crippen LogP contribution in [-0.2, 0) is 4.79 Å². The highest BCUT2D eigenvalue weighted by Crippen LogP contribution is 2.22. The van der Waals surface area contributed by atoms with Crippen molar-refractivity contribution in [3.63, 3.8) is 0 Å².